The van der Waals surface area contributed by atoms with Crippen LogP contribution in [-0.4, -0.2) is 18.1 Å². The van der Waals surface area contributed by atoms with Crippen LogP contribution in [0.3, 0.4) is 0 Å². The first-order valence-electron chi connectivity index (χ1n) is 4.02. The van der Waals surface area contributed by atoms with Crippen LogP contribution in [0.4, 0.5) is 8.78 Å². The molecule has 0 radical (unpaired) electrons. The van der Waals surface area contributed by atoms with Gasteiger partial charge in [0.05, 0.1) is 7.11 Å². The first kappa shape index (κ1) is 12.0. The van der Waals surface area contributed by atoms with Crippen molar-refractivity contribution < 1.29 is 18.3 Å². The van der Waals surface area contributed by atoms with E-state index in [1.807, 2.05) is 0 Å². The van der Waals surface area contributed by atoms with E-state index in [2.05, 4.69) is 25.7 Å². The van der Waals surface area contributed by atoms with E-state index < -0.39 is 18.1 Å². The van der Waals surface area contributed by atoms with E-state index in [1.165, 1.54) is 19.2 Å². The number of rotatable bonds is 3. The third-order valence-corrected chi connectivity index (χ3v) is 2.36. The van der Waals surface area contributed by atoms with Gasteiger partial charge in [-0.05, 0) is 11.6 Å². The molecule has 1 aromatic heterocycles. The Balaban J connectivity index is 3.16. The summed E-state index contributed by atoms with van der Waals surface area (Å²) < 4.78 is 29.4. The lowest BCUT2D eigenvalue weighted by molar-refractivity contribution is 0.0592. The smallest absolute Gasteiger partial charge is 0.356 e. The lowest BCUT2D eigenvalue weighted by atomic mass is 10.2. The molecule has 0 aromatic carbocycles. The fourth-order valence-corrected chi connectivity index (χ4v) is 1.50. The van der Waals surface area contributed by atoms with Gasteiger partial charge in [0.15, 0.2) is 0 Å². The Morgan fingerprint density at radius 2 is 2.27 bits per heavy atom. The molecule has 1 aromatic rings. The third kappa shape index (κ3) is 2.71. The molecule has 0 aliphatic rings. The largest absolute Gasteiger partial charge is 0.464 e. The highest BCUT2D eigenvalue weighted by Gasteiger charge is 2.17. The maximum Gasteiger partial charge on any atom is 0.356 e. The minimum atomic E-state index is -2.71. The Kier molecular flexibility index (Phi) is 4.14. The zero-order valence-corrected chi connectivity index (χ0v) is 9.42. The highest BCUT2D eigenvalue weighted by molar-refractivity contribution is 9.08. The second kappa shape index (κ2) is 5.16. The SMILES string of the molecule is COC(=O)c1ccc(CBr)c(C(F)F)n1. The third-order valence-electron chi connectivity index (χ3n) is 1.76. The van der Waals surface area contributed by atoms with Crippen LogP contribution in [0.5, 0.6) is 0 Å². The number of esters is 1. The highest BCUT2D eigenvalue weighted by atomic mass is 79.9. The summed E-state index contributed by atoms with van der Waals surface area (Å²) in [5.74, 6) is -0.724. The molecule has 0 saturated heterocycles. The summed E-state index contributed by atoms with van der Waals surface area (Å²) in [5, 5.41) is 0.265. The van der Waals surface area contributed by atoms with Crippen molar-refractivity contribution >= 4 is 21.9 Å². The van der Waals surface area contributed by atoms with E-state index in [0.29, 0.717) is 5.56 Å². The fraction of sp³-hybridized carbons (Fsp3) is 0.333. The number of halogens is 3. The molecule has 3 nitrogen and oxygen atoms in total. The summed E-state index contributed by atoms with van der Waals surface area (Å²) in [5.41, 5.74) is -0.148. The molecule has 15 heavy (non-hydrogen) atoms. The minimum absolute atomic E-state index is 0.113. The van der Waals surface area contributed by atoms with Crippen LogP contribution in [0.25, 0.3) is 0 Å². The number of hydrogen-bond acceptors (Lipinski definition) is 3. The Hall–Kier alpha value is -1.04. The van der Waals surface area contributed by atoms with Gasteiger partial charge < -0.3 is 4.74 Å². The molecule has 0 fully saturated rings. The second-order valence-electron chi connectivity index (χ2n) is 2.67. The lowest BCUT2D eigenvalue weighted by Gasteiger charge is -2.06. The molecule has 0 amide bonds. The van der Waals surface area contributed by atoms with Crippen molar-refractivity contribution in [3.63, 3.8) is 0 Å². The summed E-state index contributed by atoms with van der Waals surface area (Å²) in [6.07, 6.45) is -2.71. The molecule has 0 saturated carbocycles. The number of nitrogens with zero attached hydrogens (tertiary/aromatic N) is 1. The summed E-state index contributed by atoms with van der Waals surface area (Å²) in [6.45, 7) is 0. The van der Waals surface area contributed by atoms with Crippen LogP contribution in [0, 0.1) is 0 Å². The average molecular weight is 280 g/mol. The first-order valence-corrected chi connectivity index (χ1v) is 5.14. The normalized spacial score (nSPS) is 10.5. The van der Waals surface area contributed by atoms with Gasteiger partial charge in [0, 0.05) is 5.33 Å². The highest BCUT2D eigenvalue weighted by Crippen LogP contribution is 2.23. The first-order chi connectivity index (χ1) is 7.10. The van der Waals surface area contributed by atoms with Gasteiger partial charge in [-0.2, -0.15) is 0 Å². The van der Waals surface area contributed by atoms with Crippen molar-refractivity contribution in [2.75, 3.05) is 7.11 Å². The number of ether oxygens (including phenoxy) is 1. The fourth-order valence-electron chi connectivity index (χ4n) is 1.02. The van der Waals surface area contributed by atoms with Gasteiger partial charge >= 0.3 is 5.97 Å². The van der Waals surface area contributed by atoms with E-state index >= 15 is 0 Å². The topological polar surface area (TPSA) is 39.2 Å². The second-order valence-corrected chi connectivity index (χ2v) is 3.23. The molecule has 0 N–H and O–H groups in total. The molecule has 82 valence electrons. The number of carbonyl (C=O) groups excluding carboxylic acids is 1. The Morgan fingerprint density at radius 3 is 2.73 bits per heavy atom. The average Bonchev–Trinajstić information content (AvgIpc) is 2.27. The molecule has 1 rings (SSSR count). The summed E-state index contributed by atoms with van der Waals surface area (Å²) in [7, 11) is 1.17. The lowest BCUT2D eigenvalue weighted by Crippen LogP contribution is -2.08. The number of carbonyl (C=O) groups is 1. The van der Waals surface area contributed by atoms with Gasteiger partial charge in [-0.15, -0.1) is 0 Å². The predicted molar refractivity (Wildman–Crippen MR) is 53.2 cm³/mol. The van der Waals surface area contributed by atoms with Crippen molar-refractivity contribution in [2.24, 2.45) is 0 Å². The summed E-state index contributed by atoms with van der Waals surface area (Å²) in [6, 6.07) is 2.78. The van der Waals surface area contributed by atoms with Gasteiger partial charge in [-0.3, -0.25) is 0 Å². The molecule has 0 bridgehead atoms. The molecule has 0 spiro atoms. The van der Waals surface area contributed by atoms with Gasteiger partial charge in [0.25, 0.3) is 6.43 Å². The van der Waals surface area contributed by atoms with Gasteiger partial charge in [0.2, 0.25) is 0 Å². The molecular formula is C9H8BrF2NO2. The maximum absolute atomic E-state index is 12.5. The number of hydrogen-bond donors (Lipinski definition) is 0. The van der Waals surface area contributed by atoms with Crippen LogP contribution in [-0.2, 0) is 10.1 Å². The van der Waals surface area contributed by atoms with Gasteiger partial charge in [-0.25, -0.2) is 18.6 Å². The van der Waals surface area contributed by atoms with Gasteiger partial charge in [0.1, 0.15) is 11.4 Å². The Bertz CT molecular complexity index is 371. The van der Waals surface area contributed by atoms with E-state index in [0.717, 1.165) is 0 Å². The molecule has 6 heteroatoms. The molecule has 0 unspecified atom stereocenters. The minimum Gasteiger partial charge on any atom is -0.464 e. The predicted octanol–water partition coefficient (Wildman–Crippen LogP) is 2.70. The molecule has 0 atom stereocenters. The molecular weight excluding hydrogens is 272 g/mol. The van der Waals surface area contributed by atoms with Crippen molar-refractivity contribution in [3.8, 4) is 0 Å². The van der Waals surface area contributed by atoms with Crippen molar-refractivity contribution in [1.29, 1.82) is 0 Å². The number of methoxy groups -OCH3 is 1. The van der Waals surface area contributed by atoms with Crippen molar-refractivity contribution in [1.82, 2.24) is 4.98 Å². The van der Waals surface area contributed by atoms with Crippen LogP contribution < -0.4 is 0 Å². The van der Waals surface area contributed by atoms with Crippen LogP contribution >= 0.6 is 15.9 Å². The summed E-state index contributed by atoms with van der Waals surface area (Å²) in [4.78, 5) is 14.6. The Labute approximate surface area is 93.6 Å². The maximum atomic E-state index is 12.5. The monoisotopic (exact) mass is 279 g/mol. The number of alkyl halides is 3. The van der Waals surface area contributed by atoms with Crippen LogP contribution in [0.1, 0.15) is 28.2 Å². The van der Waals surface area contributed by atoms with Crippen molar-refractivity contribution in [2.45, 2.75) is 11.8 Å². The van der Waals surface area contributed by atoms with Crippen LogP contribution in [0.15, 0.2) is 12.1 Å². The van der Waals surface area contributed by atoms with E-state index in [4.69, 9.17) is 0 Å². The summed E-state index contributed by atoms with van der Waals surface area (Å²) >= 11 is 3.07. The van der Waals surface area contributed by atoms with Crippen molar-refractivity contribution in [3.05, 3.63) is 29.1 Å². The molecule has 0 aliphatic carbocycles. The standard InChI is InChI=1S/C9H8BrF2NO2/c1-15-9(14)6-3-2-5(4-10)7(13-6)8(11)12/h2-3,8H,4H2,1H3. The molecule has 1 heterocycles. The molecule has 0 aliphatic heterocycles. The van der Waals surface area contributed by atoms with E-state index in [1.54, 1.807) is 0 Å². The zero-order chi connectivity index (χ0) is 11.4. The van der Waals surface area contributed by atoms with Crippen LogP contribution in [0.2, 0.25) is 0 Å². The van der Waals surface area contributed by atoms with Gasteiger partial charge in [-0.1, -0.05) is 22.0 Å². The van der Waals surface area contributed by atoms with E-state index in [-0.39, 0.29) is 11.0 Å². The quantitative estimate of drug-likeness (QED) is 0.631. The Morgan fingerprint density at radius 1 is 1.60 bits per heavy atom. The zero-order valence-electron chi connectivity index (χ0n) is 7.84. The number of aromatic nitrogens is 1. The number of pyridine rings is 1. The van der Waals surface area contributed by atoms with E-state index in [9.17, 15) is 13.6 Å².